The average Bonchev–Trinajstić information content (AvgIpc) is 2.59. The topological polar surface area (TPSA) is 45.9 Å². The fourth-order valence-corrected chi connectivity index (χ4v) is 2.92. The summed E-state index contributed by atoms with van der Waals surface area (Å²) >= 11 is 1.12. The number of thioether (sulfide) groups is 1. The number of ether oxygens (including phenoxy) is 1. The van der Waals surface area contributed by atoms with Crippen LogP contribution in [0.1, 0.15) is 31.4 Å². The van der Waals surface area contributed by atoms with Crippen LogP contribution in [0.5, 0.6) is 5.75 Å². The van der Waals surface area contributed by atoms with Crippen LogP contribution in [0, 0.1) is 11.3 Å². The van der Waals surface area contributed by atoms with Crippen LogP contribution in [0.2, 0.25) is 0 Å². The Kier molecular flexibility index (Phi) is 6.32. The Morgan fingerprint density at radius 2 is 1.88 bits per heavy atom. The Bertz CT molecular complexity index is 768. The molecule has 1 aromatic carbocycles. The molecule has 1 heterocycles. The predicted molar refractivity (Wildman–Crippen MR) is 91.6 cm³/mol. The maximum atomic E-state index is 13.3. The Hall–Kier alpha value is -2.20. The number of rotatable bonds is 6. The maximum Gasteiger partial charge on any atom is 0.417 e. The van der Waals surface area contributed by atoms with Gasteiger partial charge in [0.25, 0.3) is 0 Å². The van der Waals surface area contributed by atoms with E-state index in [0.717, 1.165) is 24.2 Å². The zero-order valence-electron chi connectivity index (χ0n) is 13.9. The molecule has 0 amide bonds. The molecule has 0 saturated heterocycles. The van der Waals surface area contributed by atoms with Gasteiger partial charge in [-0.2, -0.15) is 18.4 Å². The number of alkyl halides is 3. The first-order valence-electron chi connectivity index (χ1n) is 7.79. The molecule has 0 aliphatic heterocycles. The van der Waals surface area contributed by atoms with Gasteiger partial charge in [-0.25, -0.2) is 4.98 Å². The Morgan fingerprint density at radius 1 is 1.20 bits per heavy atom. The molecule has 0 bridgehead atoms. The molecule has 3 nitrogen and oxygen atoms in total. The third kappa shape index (κ3) is 4.67. The lowest BCUT2D eigenvalue weighted by atomic mass is 10.1. The lowest BCUT2D eigenvalue weighted by molar-refractivity contribution is -0.138. The van der Waals surface area contributed by atoms with Gasteiger partial charge in [0.2, 0.25) is 0 Å². The molecule has 0 aliphatic carbocycles. The predicted octanol–water partition coefficient (Wildman–Crippen LogP) is 5.54. The Morgan fingerprint density at radius 3 is 2.40 bits per heavy atom. The summed E-state index contributed by atoms with van der Waals surface area (Å²) in [5.41, 5.74) is -0.658. The fraction of sp³-hybridized carbons (Fsp3) is 0.333. The zero-order chi connectivity index (χ0) is 18.4. The van der Waals surface area contributed by atoms with Crippen LogP contribution in [0.25, 0.3) is 11.3 Å². The number of nitriles is 1. The van der Waals surface area contributed by atoms with E-state index in [-0.39, 0.29) is 10.7 Å². The molecule has 2 aromatic rings. The van der Waals surface area contributed by atoms with E-state index in [1.807, 2.05) is 6.92 Å². The van der Waals surface area contributed by atoms with Crippen LogP contribution in [-0.2, 0) is 6.18 Å². The van der Waals surface area contributed by atoms with Gasteiger partial charge in [-0.05, 0) is 42.5 Å². The Labute approximate surface area is 148 Å². The second kappa shape index (κ2) is 8.26. The maximum absolute atomic E-state index is 13.3. The molecule has 7 heteroatoms. The normalized spacial score (nSPS) is 11.2. The molecule has 0 saturated carbocycles. The van der Waals surface area contributed by atoms with Crippen LogP contribution in [-0.4, -0.2) is 17.3 Å². The van der Waals surface area contributed by atoms with Gasteiger partial charge in [-0.15, -0.1) is 11.8 Å². The van der Waals surface area contributed by atoms with E-state index in [0.29, 0.717) is 23.7 Å². The smallest absolute Gasteiger partial charge is 0.417 e. The summed E-state index contributed by atoms with van der Waals surface area (Å²) in [7, 11) is 0. The minimum atomic E-state index is -4.62. The van der Waals surface area contributed by atoms with E-state index in [1.165, 1.54) is 0 Å². The Balaban J connectivity index is 2.50. The average molecular weight is 366 g/mol. The van der Waals surface area contributed by atoms with Crippen LogP contribution >= 0.6 is 11.8 Å². The third-order valence-corrected chi connectivity index (χ3v) is 4.16. The SMILES string of the molecule is CCCOc1ccc(-c2cc(C(F)(F)F)c(C#N)c(SCC)n2)cc1. The summed E-state index contributed by atoms with van der Waals surface area (Å²) in [6.07, 6.45) is -3.75. The highest BCUT2D eigenvalue weighted by Gasteiger charge is 2.36. The van der Waals surface area contributed by atoms with Gasteiger partial charge in [-0.3, -0.25) is 0 Å². The number of hydrogen-bond acceptors (Lipinski definition) is 4. The second-order valence-electron chi connectivity index (χ2n) is 5.15. The number of aromatic nitrogens is 1. The van der Waals surface area contributed by atoms with Crippen LogP contribution in [0.15, 0.2) is 35.4 Å². The number of halogens is 3. The minimum absolute atomic E-state index is 0.0983. The molecule has 132 valence electrons. The van der Waals surface area contributed by atoms with E-state index >= 15 is 0 Å². The van der Waals surface area contributed by atoms with Crippen molar-refractivity contribution in [1.29, 1.82) is 5.26 Å². The first-order valence-corrected chi connectivity index (χ1v) is 8.77. The minimum Gasteiger partial charge on any atom is -0.494 e. The van der Waals surface area contributed by atoms with Gasteiger partial charge < -0.3 is 4.74 Å². The molecule has 0 radical (unpaired) electrons. The first-order chi connectivity index (χ1) is 11.9. The lowest BCUT2D eigenvalue weighted by Gasteiger charge is -2.14. The van der Waals surface area contributed by atoms with E-state index in [9.17, 15) is 13.2 Å². The molecule has 25 heavy (non-hydrogen) atoms. The summed E-state index contributed by atoms with van der Waals surface area (Å²) in [6, 6.07) is 9.31. The van der Waals surface area contributed by atoms with Crippen molar-refractivity contribution >= 4 is 11.8 Å². The van der Waals surface area contributed by atoms with Crippen molar-refractivity contribution in [3.8, 4) is 23.1 Å². The van der Waals surface area contributed by atoms with Crippen LogP contribution in [0.3, 0.4) is 0 Å². The van der Waals surface area contributed by atoms with Gasteiger partial charge in [0.15, 0.2) is 0 Å². The first kappa shape index (κ1) is 19.1. The molecule has 0 atom stereocenters. The number of hydrogen-bond donors (Lipinski definition) is 0. The summed E-state index contributed by atoms with van der Waals surface area (Å²) in [6.45, 7) is 4.36. The largest absolute Gasteiger partial charge is 0.494 e. The monoisotopic (exact) mass is 366 g/mol. The zero-order valence-corrected chi connectivity index (χ0v) is 14.7. The molecule has 0 N–H and O–H groups in total. The van der Waals surface area contributed by atoms with Gasteiger partial charge in [0.1, 0.15) is 16.8 Å². The van der Waals surface area contributed by atoms with Crippen molar-refractivity contribution in [3.63, 3.8) is 0 Å². The number of benzene rings is 1. The highest BCUT2D eigenvalue weighted by atomic mass is 32.2. The summed E-state index contributed by atoms with van der Waals surface area (Å²) in [4.78, 5) is 4.27. The van der Waals surface area contributed by atoms with Gasteiger partial charge in [-0.1, -0.05) is 13.8 Å². The summed E-state index contributed by atoms with van der Waals surface area (Å²) in [5, 5.41) is 9.25. The molecular formula is C18H17F3N2OS. The van der Waals surface area contributed by atoms with E-state index < -0.39 is 17.3 Å². The standard InChI is InChI=1S/C18H17F3N2OS/c1-3-9-24-13-7-5-12(6-8-13)16-10-15(18(19,20)21)14(11-22)17(23-16)25-4-2/h5-8,10H,3-4,9H2,1-2H3. The van der Waals surface area contributed by atoms with Gasteiger partial charge >= 0.3 is 6.18 Å². The fourth-order valence-electron chi connectivity index (χ4n) is 2.18. The molecule has 0 fully saturated rings. The quantitative estimate of drug-likeness (QED) is 0.630. The summed E-state index contributed by atoms with van der Waals surface area (Å²) in [5.74, 6) is 1.17. The molecular weight excluding hydrogens is 349 g/mol. The highest BCUT2D eigenvalue weighted by molar-refractivity contribution is 7.99. The highest BCUT2D eigenvalue weighted by Crippen LogP contribution is 2.38. The van der Waals surface area contributed by atoms with Crippen molar-refractivity contribution in [3.05, 3.63) is 41.5 Å². The van der Waals surface area contributed by atoms with Crippen molar-refractivity contribution in [2.45, 2.75) is 31.5 Å². The van der Waals surface area contributed by atoms with E-state index in [4.69, 9.17) is 10.00 Å². The molecule has 0 spiro atoms. The van der Waals surface area contributed by atoms with Crippen molar-refractivity contribution in [1.82, 2.24) is 4.98 Å². The third-order valence-electron chi connectivity index (χ3n) is 3.31. The number of nitrogens with zero attached hydrogens (tertiary/aromatic N) is 2. The van der Waals surface area contributed by atoms with Gasteiger partial charge in [0.05, 0.1) is 23.4 Å². The van der Waals surface area contributed by atoms with Gasteiger partial charge in [0, 0.05) is 5.56 Å². The van der Waals surface area contributed by atoms with Crippen LogP contribution in [0.4, 0.5) is 13.2 Å². The molecule has 1 aromatic heterocycles. The second-order valence-corrected chi connectivity index (χ2v) is 6.40. The summed E-state index contributed by atoms with van der Waals surface area (Å²) < 4.78 is 45.5. The molecule has 0 aliphatic rings. The van der Waals surface area contributed by atoms with Crippen molar-refractivity contribution in [2.75, 3.05) is 12.4 Å². The lowest BCUT2D eigenvalue weighted by Crippen LogP contribution is -2.10. The molecule has 2 rings (SSSR count). The molecule has 0 unspecified atom stereocenters. The van der Waals surface area contributed by atoms with Crippen LogP contribution < -0.4 is 4.74 Å². The van der Waals surface area contributed by atoms with E-state index in [2.05, 4.69) is 4.98 Å². The number of pyridine rings is 1. The van der Waals surface area contributed by atoms with Crippen molar-refractivity contribution < 1.29 is 17.9 Å². The van der Waals surface area contributed by atoms with E-state index in [1.54, 1.807) is 37.3 Å². The van der Waals surface area contributed by atoms with Crippen molar-refractivity contribution in [2.24, 2.45) is 0 Å².